The lowest BCUT2D eigenvalue weighted by Crippen LogP contribution is -2.05. The Labute approximate surface area is 100 Å². The minimum Gasteiger partial charge on any atom is -0.359 e. The summed E-state index contributed by atoms with van der Waals surface area (Å²) in [6.45, 7) is 7.50. The second kappa shape index (κ2) is 5.54. The highest BCUT2D eigenvalue weighted by atomic mass is 79.9. The van der Waals surface area contributed by atoms with Crippen LogP contribution >= 0.6 is 15.9 Å². The van der Waals surface area contributed by atoms with Crippen molar-refractivity contribution in [2.24, 2.45) is 0 Å². The number of nitrogens with zero attached hydrogens (tertiary/aromatic N) is 2. The van der Waals surface area contributed by atoms with Gasteiger partial charge in [-0.15, -0.1) is 0 Å². The topological polar surface area (TPSA) is 29.9 Å². The number of imidazole rings is 1. The lowest BCUT2D eigenvalue weighted by molar-refractivity contribution is 0.648. The molecular formula is C11H20BrN3. The first-order valence-corrected chi connectivity index (χ1v) is 6.35. The van der Waals surface area contributed by atoms with Gasteiger partial charge in [-0.3, -0.25) is 0 Å². The molecular weight excluding hydrogens is 254 g/mol. The van der Waals surface area contributed by atoms with E-state index in [2.05, 4.69) is 57.8 Å². The third kappa shape index (κ3) is 3.52. The average molecular weight is 274 g/mol. The van der Waals surface area contributed by atoms with Gasteiger partial charge >= 0.3 is 0 Å². The third-order valence-electron chi connectivity index (χ3n) is 2.38. The zero-order chi connectivity index (χ0) is 11.4. The number of rotatable bonds is 5. The van der Waals surface area contributed by atoms with Crippen molar-refractivity contribution in [3.8, 4) is 0 Å². The Morgan fingerprint density at radius 1 is 1.47 bits per heavy atom. The Hall–Kier alpha value is -0.510. The first-order valence-electron chi connectivity index (χ1n) is 5.43. The summed E-state index contributed by atoms with van der Waals surface area (Å²) in [6.07, 6.45) is 3.26. The van der Waals surface area contributed by atoms with Crippen molar-refractivity contribution in [3.63, 3.8) is 0 Å². The number of hydrogen-bond acceptors (Lipinski definition) is 2. The monoisotopic (exact) mass is 273 g/mol. The summed E-state index contributed by atoms with van der Waals surface area (Å²) in [5.74, 6) is 1.45. The summed E-state index contributed by atoms with van der Waals surface area (Å²) in [5, 5.41) is 3.13. The number of hydrogen-bond donors (Lipinski definition) is 1. The van der Waals surface area contributed by atoms with Crippen LogP contribution < -0.4 is 5.32 Å². The van der Waals surface area contributed by atoms with Crippen molar-refractivity contribution in [1.82, 2.24) is 9.55 Å². The fourth-order valence-electron chi connectivity index (χ4n) is 1.40. The second-order valence-corrected chi connectivity index (χ2v) is 5.72. The van der Waals surface area contributed by atoms with Gasteiger partial charge in [0.15, 0.2) is 0 Å². The zero-order valence-corrected chi connectivity index (χ0v) is 11.5. The van der Waals surface area contributed by atoms with Gasteiger partial charge in [-0.1, -0.05) is 36.7 Å². The predicted molar refractivity (Wildman–Crippen MR) is 68.9 cm³/mol. The molecule has 0 aliphatic heterocycles. The predicted octanol–water partition coefficient (Wildman–Crippen LogP) is 3.22. The van der Waals surface area contributed by atoms with Gasteiger partial charge in [0.05, 0.1) is 5.69 Å². The van der Waals surface area contributed by atoms with Gasteiger partial charge in [-0.2, -0.15) is 0 Å². The largest absolute Gasteiger partial charge is 0.359 e. The van der Waals surface area contributed by atoms with Crippen molar-refractivity contribution < 1.29 is 0 Å². The van der Waals surface area contributed by atoms with Crippen LogP contribution in [0, 0.1) is 0 Å². The lowest BCUT2D eigenvalue weighted by Gasteiger charge is -2.07. The van der Waals surface area contributed by atoms with Gasteiger partial charge in [-0.25, -0.2) is 4.98 Å². The molecule has 0 aliphatic carbocycles. The number of aromatic nitrogens is 2. The first-order chi connectivity index (χ1) is 7.04. The molecule has 0 spiro atoms. The van der Waals surface area contributed by atoms with Crippen LogP contribution in [0.1, 0.15) is 38.8 Å². The van der Waals surface area contributed by atoms with E-state index in [0.29, 0.717) is 10.7 Å². The van der Waals surface area contributed by atoms with Crippen LogP contribution in [-0.4, -0.2) is 21.4 Å². The summed E-state index contributed by atoms with van der Waals surface area (Å²) in [7, 11) is 1.92. The van der Waals surface area contributed by atoms with E-state index in [-0.39, 0.29) is 0 Å². The third-order valence-corrected chi connectivity index (χ3v) is 2.84. The summed E-state index contributed by atoms with van der Waals surface area (Å²) in [5.41, 5.74) is 1.15. The van der Waals surface area contributed by atoms with Gasteiger partial charge in [0.25, 0.3) is 0 Å². The standard InChI is InChI=1S/C11H20BrN3/c1-8(2)10-7-15(6-5-9(3)12)11(13-4)14-10/h7-9H,5-6H2,1-4H3,(H,13,14). The maximum absolute atomic E-state index is 4.54. The van der Waals surface area contributed by atoms with E-state index in [1.807, 2.05) is 7.05 Å². The first kappa shape index (κ1) is 12.6. The molecule has 0 radical (unpaired) electrons. The molecule has 4 heteroatoms. The molecule has 0 saturated carbocycles. The van der Waals surface area contributed by atoms with E-state index in [1.54, 1.807) is 0 Å². The van der Waals surface area contributed by atoms with Gasteiger partial charge < -0.3 is 9.88 Å². The molecule has 0 amide bonds. The maximum atomic E-state index is 4.54. The Balaban J connectivity index is 2.76. The van der Waals surface area contributed by atoms with Gasteiger partial charge in [0, 0.05) is 24.6 Å². The fourth-order valence-corrected chi connectivity index (χ4v) is 1.61. The summed E-state index contributed by atoms with van der Waals surface area (Å²) < 4.78 is 2.19. The Kier molecular flexibility index (Phi) is 4.64. The highest BCUT2D eigenvalue weighted by molar-refractivity contribution is 9.09. The Bertz CT molecular complexity index is 305. The normalized spacial score (nSPS) is 13.2. The van der Waals surface area contributed by atoms with Crippen molar-refractivity contribution in [2.45, 2.75) is 44.5 Å². The number of halogens is 1. The zero-order valence-electron chi connectivity index (χ0n) is 9.92. The summed E-state index contributed by atoms with van der Waals surface area (Å²) in [6, 6.07) is 0. The van der Waals surface area contributed by atoms with Crippen LogP contribution in [0.15, 0.2) is 6.20 Å². The van der Waals surface area contributed by atoms with E-state index >= 15 is 0 Å². The average Bonchev–Trinajstić information content (AvgIpc) is 2.57. The molecule has 0 bridgehead atoms. The quantitative estimate of drug-likeness (QED) is 0.835. The van der Waals surface area contributed by atoms with E-state index in [4.69, 9.17) is 0 Å². The van der Waals surface area contributed by atoms with Crippen LogP contribution in [0.25, 0.3) is 0 Å². The Morgan fingerprint density at radius 3 is 2.60 bits per heavy atom. The number of aryl methyl sites for hydroxylation is 1. The SMILES string of the molecule is CNc1nc(C(C)C)cn1CCC(C)Br. The minimum absolute atomic E-state index is 0.486. The van der Waals surface area contributed by atoms with Crippen molar-refractivity contribution >= 4 is 21.9 Å². The molecule has 1 unspecified atom stereocenters. The van der Waals surface area contributed by atoms with Crippen molar-refractivity contribution in [2.75, 3.05) is 12.4 Å². The molecule has 1 aromatic rings. The number of anilines is 1. The van der Waals surface area contributed by atoms with E-state index in [9.17, 15) is 0 Å². The molecule has 1 rings (SSSR count). The van der Waals surface area contributed by atoms with E-state index < -0.39 is 0 Å². The summed E-state index contributed by atoms with van der Waals surface area (Å²) >= 11 is 3.56. The van der Waals surface area contributed by atoms with Crippen LogP contribution in [0.2, 0.25) is 0 Å². The molecule has 15 heavy (non-hydrogen) atoms. The summed E-state index contributed by atoms with van der Waals surface area (Å²) in [4.78, 5) is 5.09. The molecule has 0 aliphatic rings. The molecule has 3 nitrogen and oxygen atoms in total. The second-order valence-electron chi connectivity index (χ2n) is 4.16. The highest BCUT2D eigenvalue weighted by Gasteiger charge is 2.09. The molecule has 0 aromatic carbocycles. The lowest BCUT2D eigenvalue weighted by atomic mass is 10.2. The molecule has 1 atom stereocenters. The highest BCUT2D eigenvalue weighted by Crippen LogP contribution is 2.18. The van der Waals surface area contributed by atoms with Crippen LogP contribution in [0.5, 0.6) is 0 Å². The van der Waals surface area contributed by atoms with Crippen molar-refractivity contribution in [3.05, 3.63) is 11.9 Å². The molecule has 1 N–H and O–H groups in total. The Morgan fingerprint density at radius 2 is 2.13 bits per heavy atom. The van der Waals surface area contributed by atoms with Crippen LogP contribution in [0.4, 0.5) is 5.95 Å². The minimum atomic E-state index is 0.486. The van der Waals surface area contributed by atoms with Gasteiger partial charge in [-0.05, 0) is 12.3 Å². The molecule has 0 saturated heterocycles. The number of alkyl halides is 1. The van der Waals surface area contributed by atoms with Crippen molar-refractivity contribution in [1.29, 1.82) is 0 Å². The van der Waals surface area contributed by atoms with Gasteiger partial charge in [0.2, 0.25) is 5.95 Å². The van der Waals surface area contributed by atoms with Crippen LogP contribution in [0.3, 0.4) is 0 Å². The van der Waals surface area contributed by atoms with Gasteiger partial charge in [0.1, 0.15) is 0 Å². The molecule has 86 valence electrons. The molecule has 1 heterocycles. The van der Waals surface area contributed by atoms with E-state index in [1.165, 1.54) is 0 Å². The van der Waals surface area contributed by atoms with E-state index in [0.717, 1.165) is 24.6 Å². The van der Waals surface area contributed by atoms with Crippen LogP contribution in [-0.2, 0) is 6.54 Å². The smallest absolute Gasteiger partial charge is 0.202 e. The fraction of sp³-hybridized carbons (Fsp3) is 0.727. The molecule has 0 fully saturated rings. The molecule has 1 aromatic heterocycles. The maximum Gasteiger partial charge on any atom is 0.202 e. The number of nitrogens with one attached hydrogen (secondary N) is 1.